The van der Waals surface area contributed by atoms with Crippen LogP contribution in [0.5, 0.6) is 0 Å². The highest BCUT2D eigenvalue weighted by molar-refractivity contribution is 8.26. The monoisotopic (exact) mass is 528 g/mol. The molecular weight excluding hydrogens is 500 g/mol. The van der Waals surface area contributed by atoms with Crippen molar-refractivity contribution in [2.24, 2.45) is 0 Å². The van der Waals surface area contributed by atoms with Gasteiger partial charge < -0.3 is 5.32 Å². The van der Waals surface area contributed by atoms with Crippen molar-refractivity contribution in [1.82, 2.24) is 9.47 Å². The van der Waals surface area contributed by atoms with Gasteiger partial charge >= 0.3 is 0 Å². The number of nitrogens with zero attached hydrogens (tertiary/aromatic N) is 3. The molecule has 1 N–H and O–H groups in total. The number of anilines is 1. The minimum absolute atomic E-state index is 0.0754. The standard InChI is InChI=1S/C26H29ClN4O2S2/c1-4-6-9-13-31-25(33)22(35-26(31)34)14-19-17(3)20(15-28)24(32)30(12-5-2)23(19)29-16-18-10-7-8-11-21(18)27/h7-8,10-11,14,29H,4-6,9,12-13,16H2,1-3H3/b22-14+. The van der Waals surface area contributed by atoms with Gasteiger partial charge in [0.25, 0.3) is 11.5 Å². The van der Waals surface area contributed by atoms with Gasteiger partial charge in [-0.3, -0.25) is 19.1 Å². The molecule has 1 aromatic carbocycles. The number of carbonyl (C=O) groups is 1. The van der Waals surface area contributed by atoms with Crippen LogP contribution in [0, 0.1) is 18.3 Å². The summed E-state index contributed by atoms with van der Waals surface area (Å²) in [6, 6.07) is 9.54. The second kappa shape index (κ2) is 12.4. The molecule has 3 rings (SSSR count). The van der Waals surface area contributed by atoms with Gasteiger partial charge in [0, 0.05) is 30.2 Å². The van der Waals surface area contributed by atoms with Crippen molar-refractivity contribution >= 4 is 57.7 Å². The summed E-state index contributed by atoms with van der Waals surface area (Å²) >= 11 is 13.1. The van der Waals surface area contributed by atoms with E-state index in [1.54, 1.807) is 22.5 Å². The van der Waals surface area contributed by atoms with Crippen LogP contribution in [0.1, 0.15) is 61.8 Å². The maximum absolute atomic E-state index is 13.2. The number of aromatic nitrogens is 1. The van der Waals surface area contributed by atoms with Crippen molar-refractivity contribution in [2.75, 3.05) is 11.9 Å². The summed E-state index contributed by atoms with van der Waals surface area (Å²) in [7, 11) is 0. The summed E-state index contributed by atoms with van der Waals surface area (Å²) in [6.07, 6.45) is 5.43. The highest BCUT2D eigenvalue weighted by atomic mass is 35.5. The number of carbonyl (C=O) groups excluding carboxylic acids is 1. The van der Waals surface area contributed by atoms with E-state index in [9.17, 15) is 14.9 Å². The maximum atomic E-state index is 13.2. The lowest BCUT2D eigenvalue weighted by Crippen LogP contribution is -2.29. The molecule has 0 radical (unpaired) electrons. The number of thiocarbonyl (C=S) groups is 1. The van der Waals surface area contributed by atoms with Gasteiger partial charge in [-0.15, -0.1) is 0 Å². The van der Waals surface area contributed by atoms with Crippen LogP contribution in [0.15, 0.2) is 34.0 Å². The zero-order valence-electron chi connectivity index (χ0n) is 20.2. The smallest absolute Gasteiger partial charge is 0.270 e. The number of nitriles is 1. The van der Waals surface area contributed by atoms with Crippen LogP contribution in [0.3, 0.4) is 0 Å². The van der Waals surface area contributed by atoms with E-state index in [-0.39, 0.29) is 17.0 Å². The van der Waals surface area contributed by atoms with Crippen LogP contribution in [-0.4, -0.2) is 26.2 Å². The fourth-order valence-corrected chi connectivity index (χ4v) is 5.45. The van der Waals surface area contributed by atoms with Crippen LogP contribution in [0.4, 0.5) is 5.82 Å². The lowest BCUT2D eigenvalue weighted by Gasteiger charge is -2.20. The summed E-state index contributed by atoms with van der Waals surface area (Å²) in [5.74, 6) is 0.420. The van der Waals surface area contributed by atoms with E-state index in [0.717, 1.165) is 24.8 Å². The lowest BCUT2D eigenvalue weighted by molar-refractivity contribution is -0.122. The molecule has 6 nitrogen and oxygen atoms in total. The van der Waals surface area contributed by atoms with Crippen LogP contribution in [0.25, 0.3) is 6.08 Å². The molecule has 1 aromatic heterocycles. The Balaban J connectivity index is 2.10. The molecule has 2 aromatic rings. The van der Waals surface area contributed by atoms with Gasteiger partial charge in [-0.1, -0.05) is 80.5 Å². The summed E-state index contributed by atoms with van der Waals surface area (Å²) in [5.41, 5.74) is 1.77. The first-order valence-corrected chi connectivity index (χ1v) is 13.3. The zero-order chi connectivity index (χ0) is 25.5. The molecule has 184 valence electrons. The first-order chi connectivity index (χ1) is 16.8. The number of nitrogens with one attached hydrogen (secondary N) is 1. The average molecular weight is 529 g/mol. The van der Waals surface area contributed by atoms with Gasteiger partial charge in [0.2, 0.25) is 0 Å². The molecule has 0 aliphatic carbocycles. The van der Waals surface area contributed by atoms with Gasteiger partial charge in [0.15, 0.2) is 0 Å². The second-order valence-corrected chi connectivity index (χ2v) is 10.4. The predicted molar refractivity (Wildman–Crippen MR) is 149 cm³/mol. The van der Waals surface area contributed by atoms with E-state index in [4.69, 9.17) is 23.8 Å². The zero-order valence-corrected chi connectivity index (χ0v) is 22.6. The Morgan fingerprint density at radius 3 is 2.57 bits per heavy atom. The first kappa shape index (κ1) is 27.0. The average Bonchev–Trinajstić information content (AvgIpc) is 3.10. The van der Waals surface area contributed by atoms with E-state index in [1.807, 2.05) is 31.2 Å². The Morgan fingerprint density at radius 1 is 1.17 bits per heavy atom. The molecule has 9 heteroatoms. The van der Waals surface area contributed by atoms with Crippen LogP contribution >= 0.6 is 35.6 Å². The van der Waals surface area contributed by atoms with E-state index in [2.05, 4.69) is 18.3 Å². The second-order valence-electron chi connectivity index (χ2n) is 8.32. The third-order valence-corrected chi connectivity index (χ3v) is 7.61. The minimum Gasteiger partial charge on any atom is -0.367 e. The van der Waals surface area contributed by atoms with Gasteiger partial charge in [-0.05, 0) is 43.0 Å². The van der Waals surface area contributed by atoms with Gasteiger partial charge in [-0.25, -0.2) is 0 Å². The summed E-state index contributed by atoms with van der Waals surface area (Å²) < 4.78 is 2.11. The molecular formula is C26H29ClN4O2S2. The fourth-order valence-electron chi connectivity index (χ4n) is 3.95. The third kappa shape index (κ3) is 5.97. The van der Waals surface area contributed by atoms with Crippen LogP contribution in [-0.2, 0) is 17.9 Å². The van der Waals surface area contributed by atoms with Crippen LogP contribution in [0.2, 0.25) is 5.02 Å². The Morgan fingerprint density at radius 2 is 1.91 bits per heavy atom. The van der Waals surface area contributed by atoms with Crippen molar-refractivity contribution in [2.45, 2.75) is 59.5 Å². The number of amides is 1. The topological polar surface area (TPSA) is 78.1 Å². The molecule has 2 heterocycles. The number of hydrogen-bond donors (Lipinski definition) is 1. The lowest BCUT2D eigenvalue weighted by atomic mass is 10.0. The summed E-state index contributed by atoms with van der Waals surface area (Å²) in [6.45, 7) is 7.22. The summed E-state index contributed by atoms with van der Waals surface area (Å²) in [5, 5.41) is 13.7. The minimum atomic E-state index is -0.349. The molecule has 1 fully saturated rings. The van der Waals surface area contributed by atoms with Crippen LogP contribution < -0.4 is 10.9 Å². The molecule has 1 aliphatic rings. The molecule has 1 aliphatic heterocycles. The van der Waals surface area contributed by atoms with E-state index in [1.165, 1.54) is 11.8 Å². The van der Waals surface area contributed by atoms with Crippen molar-refractivity contribution in [1.29, 1.82) is 5.26 Å². The van der Waals surface area contributed by atoms with Gasteiger partial charge in [0.05, 0.1) is 4.91 Å². The first-order valence-electron chi connectivity index (χ1n) is 11.7. The Hall–Kier alpha value is -2.60. The quantitative estimate of drug-likeness (QED) is 0.228. The fraction of sp³-hybridized carbons (Fsp3) is 0.385. The number of rotatable bonds is 10. The molecule has 0 saturated carbocycles. The van der Waals surface area contributed by atoms with Crippen molar-refractivity contribution in [3.05, 3.63) is 66.8 Å². The SMILES string of the molecule is CCCCCN1C(=O)/C(=C\c2c(C)c(C#N)c(=O)n(CCC)c2NCc2ccccc2Cl)SC1=S. The summed E-state index contributed by atoms with van der Waals surface area (Å²) in [4.78, 5) is 28.5. The number of thioether (sulfide) groups is 1. The number of halogens is 1. The third-order valence-electron chi connectivity index (χ3n) is 5.86. The molecule has 0 unspecified atom stereocenters. The Labute approximate surface area is 221 Å². The number of pyridine rings is 1. The Kier molecular flexibility index (Phi) is 9.55. The van der Waals surface area contributed by atoms with Crippen molar-refractivity contribution < 1.29 is 4.79 Å². The molecule has 0 spiro atoms. The number of unbranched alkanes of at least 4 members (excludes halogenated alkanes) is 2. The van der Waals surface area contributed by atoms with E-state index < -0.39 is 0 Å². The Bertz CT molecular complexity index is 1260. The highest BCUT2D eigenvalue weighted by Gasteiger charge is 2.32. The van der Waals surface area contributed by atoms with Crippen molar-refractivity contribution in [3.8, 4) is 6.07 Å². The van der Waals surface area contributed by atoms with Crippen molar-refractivity contribution in [3.63, 3.8) is 0 Å². The van der Waals surface area contributed by atoms with E-state index >= 15 is 0 Å². The predicted octanol–water partition coefficient (Wildman–Crippen LogP) is 6.10. The largest absolute Gasteiger partial charge is 0.367 e. The van der Waals surface area contributed by atoms with E-state index in [0.29, 0.717) is 57.2 Å². The van der Waals surface area contributed by atoms with Gasteiger partial charge in [0.1, 0.15) is 21.8 Å². The van der Waals surface area contributed by atoms with Gasteiger partial charge in [-0.2, -0.15) is 5.26 Å². The number of hydrogen-bond acceptors (Lipinski definition) is 6. The normalized spacial score (nSPS) is 14.6. The highest BCUT2D eigenvalue weighted by Crippen LogP contribution is 2.35. The molecule has 0 bridgehead atoms. The molecule has 1 saturated heterocycles. The molecule has 0 atom stereocenters. The maximum Gasteiger partial charge on any atom is 0.270 e. The number of benzene rings is 1. The molecule has 1 amide bonds. The molecule has 35 heavy (non-hydrogen) atoms.